The second-order valence-corrected chi connectivity index (χ2v) is 2.85. The molecule has 12 heavy (non-hydrogen) atoms. The summed E-state index contributed by atoms with van der Waals surface area (Å²) in [6.07, 6.45) is 0. The summed E-state index contributed by atoms with van der Waals surface area (Å²) in [7, 11) is 0. The highest BCUT2D eigenvalue weighted by atomic mass is 16.4. The highest BCUT2D eigenvalue weighted by Crippen LogP contribution is 2.14. The van der Waals surface area contributed by atoms with Crippen molar-refractivity contribution in [3.63, 3.8) is 0 Å². The third kappa shape index (κ3) is 2.50. The van der Waals surface area contributed by atoms with E-state index in [-0.39, 0.29) is 0 Å². The van der Waals surface area contributed by atoms with Gasteiger partial charge < -0.3 is 15.9 Å². The fraction of sp³-hybridized carbons (Fsp3) is 0.714. The molecular formula is C7H13NO4. The molecule has 70 valence electrons. The lowest BCUT2D eigenvalue weighted by atomic mass is 9.89. The summed E-state index contributed by atoms with van der Waals surface area (Å²) in [4.78, 5) is 20.8. The second kappa shape index (κ2) is 4.06. The molecular weight excluding hydrogens is 162 g/mol. The smallest absolute Gasteiger partial charge is 0.320 e. The lowest BCUT2D eigenvalue weighted by Gasteiger charge is -2.19. The fourth-order valence-electron chi connectivity index (χ4n) is 0.761. The molecule has 0 aromatic rings. The van der Waals surface area contributed by atoms with Crippen molar-refractivity contribution in [1.29, 1.82) is 0 Å². The van der Waals surface area contributed by atoms with Crippen LogP contribution in [0.15, 0.2) is 0 Å². The summed E-state index contributed by atoms with van der Waals surface area (Å²) in [5, 5.41) is 17.0. The van der Waals surface area contributed by atoms with Gasteiger partial charge in [-0.15, -0.1) is 0 Å². The number of hydrogen-bond acceptors (Lipinski definition) is 3. The first-order chi connectivity index (χ1) is 5.37. The summed E-state index contributed by atoms with van der Waals surface area (Å²) in [5.74, 6) is -3.51. The van der Waals surface area contributed by atoms with Crippen LogP contribution in [0.2, 0.25) is 0 Å². The minimum atomic E-state index is -1.17. The number of carboxylic acid groups (broad SMARTS) is 2. The van der Waals surface area contributed by atoms with Crippen LogP contribution >= 0.6 is 0 Å². The number of rotatable bonds is 4. The van der Waals surface area contributed by atoms with E-state index in [1.165, 1.54) is 13.8 Å². The molecule has 0 radical (unpaired) electrons. The van der Waals surface area contributed by atoms with Crippen molar-refractivity contribution in [3.05, 3.63) is 0 Å². The number of carbonyl (C=O) groups is 2. The zero-order valence-electron chi connectivity index (χ0n) is 7.02. The Hall–Kier alpha value is -1.10. The lowest BCUT2D eigenvalue weighted by Crippen LogP contribution is -2.41. The van der Waals surface area contributed by atoms with E-state index in [9.17, 15) is 9.59 Å². The van der Waals surface area contributed by atoms with Crippen molar-refractivity contribution in [2.24, 2.45) is 17.6 Å². The molecule has 0 aromatic carbocycles. The van der Waals surface area contributed by atoms with E-state index >= 15 is 0 Å². The van der Waals surface area contributed by atoms with Crippen LogP contribution in [0.3, 0.4) is 0 Å². The standard InChI is InChI=1S/C7H13NO4/c1-3(4(2)6(9)10)5(8)7(11)12/h3-5H,8H2,1-2H3,(H,9,10)(H,11,12). The second-order valence-electron chi connectivity index (χ2n) is 2.85. The van der Waals surface area contributed by atoms with Gasteiger partial charge in [0.05, 0.1) is 5.92 Å². The maximum atomic E-state index is 10.4. The molecule has 0 fully saturated rings. The first-order valence-electron chi connectivity index (χ1n) is 3.59. The van der Waals surface area contributed by atoms with Gasteiger partial charge in [0, 0.05) is 0 Å². The van der Waals surface area contributed by atoms with Gasteiger partial charge in [0.1, 0.15) is 6.04 Å². The van der Waals surface area contributed by atoms with E-state index in [0.717, 1.165) is 0 Å². The molecule has 0 heterocycles. The molecule has 0 aliphatic heterocycles. The Morgan fingerprint density at radius 2 is 1.58 bits per heavy atom. The minimum absolute atomic E-state index is 0.569. The minimum Gasteiger partial charge on any atom is -0.481 e. The molecule has 5 nitrogen and oxygen atoms in total. The third-order valence-corrected chi connectivity index (χ3v) is 2.03. The Labute approximate surface area is 70.2 Å². The van der Waals surface area contributed by atoms with Gasteiger partial charge in [-0.2, -0.15) is 0 Å². The monoisotopic (exact) mass is 175 g/mol. The summed E-state index contributed by atoms with van der Waals surface area (Å²) in [5.41, 5.74) is 5.24. The number of nitrogens with two attached hydrogens (primary N) is 1. The highest BCUT2D eigenvalue weighted by Gasteiger charge is 2.28. The molecule has 0 aliphatic rings. The number of carboxylic acids is 2. The van der Waals surface area contributed by atoms with Crippen LogP contribution in [0.1, 0.15) is 13.8 Å². The van der Waals surface area contributed by atoms with Crippen LogP contribution in [0.5, 0.6) is 0 Å². The van der Waals surface area contributed by atoms with Crippen LogP contribution in [-0.4, -0.2) is 28.2 Å². The van der Waals surface area contributed by atoms with E-state index in [1.54, 1.807) is 0 Å². The molecule has 0 bridgehead atoms. The number of hydrogen-bond donors (Lipinski definition) is 3. The van der Waals surface area contributed by atoms with Gasteiger partial charge in [-0.3, -0.25) is 9.59 Å². The van der Waals surface area contributed by atoms with Gasteiger partial charge in [-0.25, -0.2) is 0 Å². The Balaban J connectivity index is 4.28. The van der Waals surface area contributed by atoms with Gasteiger partial charge in [0.15, 0.2) is 0 Å². The number of aliphatic carboxylic acids is 2. The Kier molecular flexibility index (Phi) is 3.69. The normalized spacial score (nSPS) is 17.9. The average molecular weight is 175 g/mol. The van der Waals surface area contributed by atoms with Crippen LogP contribution in [0.25, 0.3) is 0 Å². The van der Waals surface area contributed by atoms with Crippen LogP contribution in [0, 0.1) is 11.8 Å². The molecule has 0 aromatic heterocycles. The van der Waals surface area contributed by atoms with Crippen molar-refractivity contribution < 1.29 is 19.8 Å². The molecule has 3 atom stereocenters. The maximum absolute atomic E-state index is 10.4. The first kappa shape index (κ1) is 10.9. The quantitative estimate of drug-likeness (QED) is 0.547. The summed E-state index contributed by atoms with van der Waals surface area (Å²) in [6.45, 7) is 2.95. The predicted molar refractivity (Wildman–Crippen MR) is 41.6 cm³/mol. The highest BCUT2D eigenvalue weighted by molar-refractivity contribution is 5.76. The van der Waals surface area contributed by atoms with E-state index in [2.05, 4.69) is 0 Å². The maximum Gasteiger partial charge on any atom is 0.320 e. The summed E-state index contributed by atoms with van der Waals surface area (Å²) in [6, 6.07) is -1.11. The Morgan fingerprint density at radius 3 is 1.83 bits per heavy atom. The molecule has 0 saturated heterocycles. The van der Waals surface area contributed by atoms with Crippen molar-refractivity contribution >= 4 is 11.9 Å². The van der Waals surface area contributed by atoms with Crippen molar-refractivity contribution in [3.8, 4) is 0 Å². The van der Waals surface area contributed by atoms with Crippen molar-refractivity contribution in [2.45, 2.75) is 19.9 Å². The SMILES string of the molecule is CC(C(=O)O)C(C)C(N)C(=O)O. The van der Waals surface area contributed by atoms with Crippen LogP contribution < -0.4 is 5.73 Å². The summed E-state index contributed by atoms with van der Waals surface area (Å²) < 4.78 is 0. The molecule has 4 N–H and O–H groups in total. The van der Waals surface area contributed by atoms with E-state index in [4.69, 9.17) is 15.9 Å². The molecule has 0 aliphatic carbocycles. The van der Waals surface area contributed by atoms with E-state index in [0.29, 0.717) is 0 Å². The van der Waals surface area contributed by atoms with E-state index < -0.39 is 29.8 Å². The van der Waals surface area contributed by atoms with Crippen LogP contribution in [0.4, 0.5) is 0 Å². The van der Waals surface area contributed by atoms with Gasteiger partial charge in [0.2, 0.25) is 0 Å². The summed E-state index contributed by atoms with van der Waals surface area (Å²) >= 11 is 0. The predicted octanol–water partition coefficient (Wildman–Crippen LogP) is -0.245. The zero-order chi connectivity index (χ0) is 9.89. The van der Waals surface area contributed by atoms with Crippen LogP contribution in [-0.2, 0) is 9.59 Å². The molecule has 0 rings (SSSR count). The topological polar surface area (TPSA) is 101 Å². The van der Waals surface area contributed by atoms with E-state index in [1.807, 2.05) is 0 Å². The third-order valence-electron chi connectivity index (χ3n) is 2.03. The molecule has 3 unspecified atom stereocenters. The van der Waals surface area contributed by atoms with Gasteiger partial charge in [-0.05, 0) is 5.92 Å². The van der Waals surface area contributed by atoms with Crippen molar-refractivity contribution in [1.82, 2.24) is 0 Å². The molecule has 5 heteroatoms. The molecule has 0 amide bonds. The van der Waals surface area contributed by atoms with Gasteiger partial charge in [0.25, 0.3) is 0 Å². The van der Waals surface area contributed by atoms with Gasteiger partial charge >= 0.3 is 11.9 Å². The zero-order valence-corrected chi connectivity index (χ0v) is 7.02. The largest absolute Gasteiger partial charge is 0.481 e. The van der Waals surface area contributed by atoms with Crippen molar-refractivity contribution in [2.75, 3.05) is 0 Å². The first-order valence-corrected chi connectivity index (χ1v) is 3.59. The molecule has 0 spiro atoms. The average Bonchev–Trinajstić information content (AvgIpc) is 2.00. The van der Waals surface area contributed by atoms with Gasteiger partial charge in [-0.1, -0.05) is 13.8 Å². The fourth-order valence-corrected chi connectivity index (χ4v) is 0.761. The lowest BCUT2D eigenvalue weighted by molar-refractivity contribution is -0.145. The Bertz CT molecular complexity index is 172. The Morgan fingerprint density at radius 1 is 1.17 bits per heavy atom. The molecule has 0 saturated carbocycles.